The number of hydrogen-bond acceptors (Lipinski definition) is 5. The van der Waals surface area contributed by atoms with E-state index in [2.05, 4.69) is 11.6 Å². The number of aromatic amines is 1. The fraction of sp³-hybridized carbons (Fsp3) is 0.250. The van der Waals surface area contributed by atoms with Gasteiger partial charge in [0.05, 0.1) is 17.9 Å². The second-order valence-corrected chi connectivity index (χ2v) is 8.40. The molecule has 3 aromatic rings. The topological polar surface area (TPSA) is 79.2 Å². The Kier molecular flexibility index (Phi) is 6.14. The monoisotopic (exact) mass is 449 g/mol. The van der Waals surface area contributed by atoms with E-state index in [-0.39, 0.29) is 11.5 Å². The van der Waals surface area contributed by atoms with Crippen LogP contribution in [-0.4, -0.2) is 28.3 Å². The van der Waals surface area contributed by atoms with Crippen molar-refractivity contribution in [3.63, 3.8) is 0 Å². The second-order valence-electron chi connectivity index (χ2n) is 7.39. The lowest BCUT2D eigenvalue weighted by Gasteiger charge is -2.31. The van der Waals surface area contributed by atoms with E-state index in [1.807, 2.05) is 56.3 Å². The number of fused-ring (bicyclic) bond motifs is 3. The van der Waals surface area contributed by atoms with E-state index in [0.29, 0.717) is 34.5 Å². The summed E-state index contributed by atoms with van der Waals surface area (Å²) in [7, 11) is 0. The highest BCUT2D eigenvalue weighted by molar-refractivity contribution is 7.99. The Morgan fingerprint density at radius 2 is 2.12 bits per heavy atom. The Balaban J connectivity index is 1.99. The number of anilines is 1. The second kappa shape index (κ2) is 9.00. The molecule has 0 saturated heterocycles. The molecule has 1 aromatic heterocycles. The summed E-state index contributed by atoms with van der Waals surface area (Å²) >= 11 is 1.38. The van der Waals surface area contributed by atoms with Gasteiger partial charge in [0.2, 0.25) is 11.1 Å². The molecule has 0 spiro atoms. The summed E-state index contributed by atoms with van der Waals surface area (Å²) < 4.78 is 7.35. The van der Waals surface area contributed by atoms with Gasteiger partial charge < -0.3 is 4.74 Å². The highest BCUT2D eigenvalue weighted by Crippen LogP contribution is 2.38. The van der Waals surface area contributed by atoms with Gasteiger partial charge in [-0.1, -0.05) is 30.0 Å². The molecule has 7 nitrogen and oxygen atoms in total. The first-order valence-corrected chi connectivity index (χ1v) is 11.4. The smallest absolute Gasteiger partial charge is 0.325 e. The van der Waals surface area contributed by atoms with Gasteiger partial charge in [0, 0.05) is 23.3 Å². The first-order valence-electron chi connectivity index (χ1n) is 10.4. The number of hydrogen-bond donors (Lipinski definition) is 1. The molecule has 4 rings (SSSR count). The molecule has 0 unspecified atom stereocenters. The predicted molar refractivity (Wildman–Crippen MR) is 125 cm³/mol. The van der Waals surface area contributed by atoms with Gasteiger partial charge in [0.1, 0.15) is 5.75 Å². The number of nitrogens with zero attached hydrogens (tertiary/aromatic N) is 3. The third kappa shape index (κ3) is 3.82. The fourth-order valence-electron chi connectivity index (χ4n) is 3.97. The molecule has 1 N–H and O–H groups in total. The zero-order valence-electron chi connectivity index (χ0n) is 18.3. The first-order chi connectivity index (χ1) is 15.5. The summed E-state index contributed by atoms with van der Waals surface area (Å²) in [5.41, 5.74) is 3.28. The zero-order valence-corrected chi connectivity index (χ0v) is 19.1. The molecule has 0 bridgehead atoms. The summed E-state index contributed by atoms with van der Waals surface area (Å²) in [5, 5.41) is 5.21. The molecule has 2 heterocycles. The summed E-state index contributed by atoms with van der Waals surface area (Å²) in [6.45, 7) is 9.73. The molecule has 164 valence electrons. The van der Waals surface area contributed by atoms with Crippen LogP contribution in [0.4, 0.5) is 5.69 Å². The molecule has 2 aromatic carbocycles. The maximum absolute atomic E-state index is 13.2. The normalized spacial score (nSPS) is 14.5. The van der Waals surface area contributed by atoms with Gasteiger partial charge in [-0.05, 0) is 54.4 Å². The summed E-state index contributed by atoms with van der Waals surface area (Å²) in [4.78, 5) is 30.7. The number of ether oxygens (including phenoxy) is 1. The van der Waals surface area contributed by atoms with Crippen LogP contribution in [0.1, 0.15) is 31.1 Å². The number of carbonyl (C=O) groups is 1. The highest BCUT2D eigenvalue weighted by Gasteiger charge is 2.44. The maximum atomic E-state index is 13.2. The Hall–Kier alpha value is -3.39. The average Bonchev–Trinajstić information content (AvgIpc) is 2.77. The molecule has 1 atom stereocenters. The lowest BCUT2D eigenvalue weighted by molar-refractivity contribution is -0.763. The molecule has 0 saturated carbocycles. The summed E-state index contributed by atoms with van der Waals surface area (Å²) in [5.74, 6) is 1.24. The molecule has 32 heavy (non-hydrogen) atoms. The number of aryl methyl sites for hydroxylation is 1. The molecule has 1 aliphatic rings. The number of benzene rings is 2. The van der Waals surface area contributed by atoms with E-state index in [4.69, 9.17) is 9.84 Å². The van der Waals surface area contributed by atoms with Crippen LogP contribution in [0, 0.1) is 6.92 Å². The van der Waals surface area contributed by atoms with Crippen molar-refractivity contribution in [3.8, 4) is 17.0 Å². The van der Waals surface area contributed by atoms with Gasteiger partial charge in [-0.3, -0.25) is 14.6 Å². The van der Waals surface area contributed by atoms with Crippen molar-refractivity contribution in [2.75, 3.05) is 17.3 Å². The predicted octanol–water partition coefficient (Wildman–Crippen LogP) is 3.62. The van der Waals surface area contributed by atoms with Crippen LogP contribution >= 0.6 is 11.8 Å². The molecule has 1 amide bonds. The van der Waals surface area contributed by atoms with Crippen LogP contribution in [0.15, 0.2) is 65.1 Å². The minimum absolute atomic E-state index is 0.144. The van der Waals surface area contributed by atoms with Gasteiger partial charge in [0.25, 0.3) is 6.17 Å². The number of para-hydroxylation sites is 1. The van der Waals surface area contributed by atoms with Crippen LogP contribution < -0.4 is 19.9 Å². The van der Waals surface area contributed by atoms with Crippen molar-refractivity contribution in [1.29, 1.82) is 0 Å². The Labute approximate surface area is 190 Å². The molecule has 8 heteroatoms. The fourth-order valence-corrected chi connectivity index (χ4v) is 4.55. The van der Waals surface area contributed by atoms with Gasteiger partial charge in [0.15, 0.2) is 0 Å². The largest absolute Gasteiger partial charge is 0.494 e. The minimum atomic E-state index is -0.614. The van der Waals surface area contributed by atoms with E-state index in [1.165, 1.54) is 18.7 Å². The number of thioether (sulfide) groups is 1. The van der Waals surface area contributed by atoms with Crippen LogP contribution in [0.5, 0.6) is 5.75 Å². The van der Waals surface area contributed by atoms with Crippen molar-refractivity contribution in [3.05, 3.63) is 76.6 Å². The SMILES string of the molecule is C=CCSc1n[n+]2c(c(=O)[nH]1)-c1ccccc1N(C(C)=O)[C@@H]2c1ccc(OCC)c(C)c1. The third-order valence-electron chi connectivity index (χ3n) is 5.23. The summed E-state index contributed by atoms with van der Waals surface area (Å²) in [6, 6.07) is 13.2. The van der Waals surface area contributed by atoms with Crippen LogP contribution in [0.2, 0.25) is 0 Å². The van der Waals surface area contributed by atoms with Crippen LogP contribution in [-0.2, 0) is 4.79 Å². The van der Waals surface area contributed by atoms with Crippen molar-refractivity contribution < 1.29 is 14.2 Å². The first kappa shape index (κ1) is 21.8. The quantitative estimate of drug-likeness (QED) is 0.353. The Morgan fingerprint density at radius 3 is 2.81 bits per heavy atom. The number of amides is 1. The van der Waals surface area contributed by atoms with E-state index in [0.717, 1.165) is 16.9 Å². The maximum Gasteiger partial charge on any atom is 0.325 e. The number of H-pyrrole nitrogens is 1. The average molecular weight is 450 g/mol. The lowest BCUT2D eigenvalue weighted by atomic mass is 10.0. The third-order valence-corrected chi connectivity index (χ3v) is 6.09. The molecule has 0 radical (unpaired) electrons. The van der Waals surface area contributed by atoms with Crippen molar-refractivity contribution >= 4 is 23.4 Å². The van der Waals surface area contributed by atoms with Crippen LogP contribution in [0.25, 0.3) is 11.3 Å². The van der Waals surface area contributed by atoms with E-state index >= 15 is 0 Å². The highest BCUT2D eigenvalue weighted by atomic mass is 32.2. The number of nitrogens with one attached hydrogen (secondary N) is 1. The standard InChI is InChI=1S/C24H24N4O3S/c1-5-13-32-24-25-22(30)21-18-9-7-8-10-19(18)27(16(4)29)23(28(21)26-24)17-11-12-20(31-6-2)15(3)14-17/h5,7-12,14,23H,1,6,13H2,2-4H3/p+1/t23-/m0/s1. The van der Waals surface area contributed by atoms with Gasteiger partial charge in [-0.15, -0.1) is 6.58 Å². The van der Waals surface area contributed by atoms with Gasteiger partial charge in [-0.2, -0.15) is 0 Å². The molecule has 0 aliphatic carbocycles. The Bertz CT molecular complexity index is 1250. The molecule has 1 aliphatic heterocycles. The van der Waals surface area contributed by atoms with E-state index < -0.39 is 6.17 Å². The lowest BCUT2D eigenvalue weighted by Crippen LogP contribution is -2.60. The van der Waals surface area contributed by atoms with Crippen molar-refractivity contribution in [1.82, 2.24) is 10.1 Å². The molecular formula is C24H25N4O3S+. The Morgan fingerprint density at radius 1 is 1.34 bits per heavy atom. The van der Waals surface area contributed by atoms with E-state index in [1.54, 1.807) is 15.7 Å². The zero-order chi connectivity index (χ0) is 22.8. The van der Waals surface area contributed by atoms with Crippen LogP contribution in [0.3, 0.4) is 0 Å². The number of carbonyl (C=O) groups excluding carboxylic acids is 1. The molecular weight excluding hydrogens is 424 g/mol. The number of aromatic nitrogens is 3. The molecule has 0 fully saturated rings. The minimum Gasteiger partial charge on any atom is -0.494 e. The van der Waals surface area contributed by atoms with Crippen molar-refractivity contribution in [2.24, 2.45) is 0 Å². The van der Waals surface area contributed by atoms with Gasteiger partial charge in [-0.25, -0.2) is 4.90 Å². The van der Waals surface area contributed by atoms with E-state index in [9.17, 15) is 9.59 Å². The van der Waals surface area contributed by atoms with Crippen molar-refractivity contribution in [2.45, 2.75) is 32.1 Å². The summed E-state index contributed by atoms with van der Waals surface area (Å²) in [6.07, 6.45) is 1.14. The van der Waals surface area contributed by atoms with Gasteiger partial charge >= 0.3 is 11.3 Å². The number of rotatable bonds is 6.